The van der Waals surface area contributed by atoms with E-state index in [0.29, 0.717) is 6.54 Å². The zero-order valence-electron chi connectivity index (χ0n) is 19.1. The fraction of sp³-hybridized carbons (Fsp3) is 0.280. The fourth-order valence-electron chi connectivity index (χ4n) is 3.84. The van der Waals surface area contributed by atoms with Gasteiger partial charge in [0.15, 0.2) is 0 Å². The van der Waals surface area contributed by atoms with Crippen LogP contribution in [0.15, 0.2) is 48.7 Å². The van der Waals surface area contributed by atoms with Gasteiger partial charge < -0.3 is 24.1 Å². The predicted octanol–water partition coefficient (Wildman–Crippen LogP) is 4.62. The van der Waals surface area contributed by atoms with Gasteiger partial charge in [-0.05, 0) is 66.9 Å². The molecule has 0 spiro atoms. The molecule has 0 saturated carbocycles. The Morgan fingerprint density at radius 3 is 2.41 bits per heavy atom. The number of hydrogen-bond donors (Lipinski definition) is 1. The smallest absolute Gasteiger partial charge is 0.203 e. The van der Waals surface area contributed by atoms with Crippen LogP contribution in [0, 0.1) is 6.92 Å². The fourth-order valence-corrected chi connectivity index (χ4v) is 3.84. The van der Waals surface area contributed by atoms with Crippen LogP contribution in [0.25, 0.3) is 22.3 Å². The maximum absolute atomic E-state index is 5.48. The highest BCUT2D eigenvalue weighted by Gasteiger charge is 2.12. The van der Waals surface area contributed by atoms with E-state index in [-0.39, 0.29) is 0 Å². The molecule has 0 aliphatic carbocycles. The molecule has 4 rings (SSSR count). The number of aromatic nitrogens is 3. The molecule has 166 valence electrons. The van der Waals surface area contributed by atoms with Crippen LogP contribution in [-0.4, -0.2) is 42.4 Å². The molecule has 7 nitrogen and oxygen atoms in total. The number of anilines is 1. The zero-order valence-corrected chi connectivity index (χ0v) is 19.1. The van der Waals surface area contributed by atoms with Crippen molar-refractivity contribution in [2.45, 2.75) is 13.3 Å². The first-order chi connectivity index (χ1) is 15.5. The van der Waals surface area contributed by atoms with E-state index < -0.39 is 0 Å². The number of pyridine rings is 1. The third-order valence-corrected chi connectivity index (χ3v) is 5.64. The second kappa shape index (κ2) is 9.18. The van der Waals surface area contributed by atoms with Gasteiger partial charge >= 0.3 is 0 Å². The lowest BCUT2D eigenvalue weighted by Crippen LogP contribution is -2.09. The number of fused-ring (bicyclic) bond motifs is 1. The number of methoxy groups -OCH3 is 3. The predicted molar refractivity (Wildman–Crippen MR) is 127 cm³/mol. The summed E-state index contributed by atoms with van der Waals surface area (Å²) in [4.78, 5) is 9.36. The normalized spacial score (nSPS) is 10.9. The summed E-state index contributed by atoms with van der Waals surface area (Å²) >= 11 is 0. The molecule has 0 unspecified atom stereocenters. The standard InChI is InChI=1S/C25H28N4O3/c1-16-12-18(30-3)6-8-20(16)21-14-23-22(15-27-21)28-25(29(23)2)26-11-10-17-13-19(31-4)7-9-24(17)32-5/h6-9,12-15H,10-11H2,1-5H3,(H,26,28). The number of rotatable bonds is 8. The molecule has 2 heterocycles. The van der Waals surface area contributed by atoms with E-state index in [1.54, 1.807) is 21.3 Å². The van der Waals surface area contributed by atoms with Crippen molar-refractivity contribution in [1.82, 2.24) is 14.5 Å². The van der Waals surface area contributed by atoms with Gasteiger partial charge in [-0.1, -0.05) is 0 Å². The first-order valence-electron chi connectivity index (χ1n) is 10.5. The van der Waals surface area contributed by atoms with Gasteiger partial charge in [0.1, 0.15) is 22.8 Å². The molecule has 0 saturated heterocycles. The van der Waals surface area contributed by atoms with Crippen LogP contribution >= 0.6 is 0 Å². The largest absolute Gasteiger partial charge is 0.497 e. The number of hydrogen-bond acceptors (Lipinski definition) is 6. The molecule has 0 bridgehead atoms. The number of aryl methyl sites for hydroxylation is 2. The lowest BCUT2D eigenvalue weighted by atomic mass is 10.0. The number of nitrogens with one attached hydrogen (secondary N) is 1. The van der Waals surface area contributed by atoms with Crippen LogP contribution in [0.2, 0.25) is 0 Å². The molecule has 32 heavy (non-hydrogen) atoms. The summed E-state index contributed by atoms with van der Waals surface area (Å²) in [6.07, 6.45) is 2.60. The lowest BCUT2D eigenvalue weighted by molar-refractivity contribution is 0.399. The Balaban J connectivity index is 1.54. The van der Waals surface area contributed by atoms with Crippen LogP contribution in [0.3, 0.4) is 0 Å². The van der Waals surface area contributed by atoms with E-state index in [1.807, 2.05) is 49.6 Å². The molecule has 4 aromatic rings. The van der Waals surface area contributed by atoms with Gasteiger partial charge in [0.2, 0.25) is 5.95 Å². The number of nitrogens with zero attached hydrogens (tertiary/aromatic N) is 3. The van der Waals surface area contributed by atoms with Gasteiger partial charge in [-0.2, -0.15) is 0 Å². The molecular formula is C25H28N4O3. The Morgan fingerprint density at radius 1 is 0.938 bits per heavy atom. The Hall–Kier alpha value is -3.74. The number of imidazole rings is 1. The van der Waals surface area contributed by atoms with Crippen molar-refractivity contribution in [2.75, 3.05) is 33.2 Å². The topological polar surface area (TPSA) is 70.4 Å². The Kier molecular flexibility index (Phi) is 6.16. The summed E-state index contributed by atoms with van der Waals surface area (Å²) in [5, 5.41) is 3.44. The van der Waals surface area contributed by atoms with E-state index in [1.165, 1.54) is 0 Å². The highest BCUT2D eigenvalue weighted by Crippen LogP contribution is 2.29. The molecular weight excluding hydrogens is 404 g/mol. The average molecular weight is 433 g/mol. The van der Waals surface area contributed by atoms with Crippen LogP contribution in [0.4, 0.5) is 5.95 Å². The molecule has 0 aliphatic rings. The quantitative estimate of drug-likeness (QED) is 0.438. The minimum absolute atomic E-state index is 0.707. The van der Waals surface area contributed by atoms with Crippen molar-refractivity contribution in [3.8, 4) is 28.5 Å². The monoisotopic (exact) mass is 432 g/mol. The van der Waals surface area contributed by atoms with Crippen molar-refractivity contribution in [1.29, 1.82) is 0 Å². The van der Waals surface area contributed by atoms with Crippen molar-refractivity contribution in [3.05, 3.63) is 59.8 Å². The summed E-state index contributed by atoms with van der Waals surface area (Å²) in [6.45, 7) is 2.77. The summed E-state index contributed by atoms with van der Waals surface area (Å²) in [7, 11) is 7.03. The van der Waals surface area contributed by atoms with Gasteiger partial charge in [0.05, 0.1) is 38.7 Å². The second-order valence-corrected chi connectivity index (χ2v) is 7.59. The van der Waals surface area contributed by atoms with Crippen molar-refractivity contribution < 1.29 is 14.2 Å². The van der Waals surface area contributed by atoms with E-state index in [4.69, 9.17) is 19.2 Å². The first-order valence-corrected chi connectivity index (χ1v) is 10.5. The van der Waals surface area contributed by atoms with E-state index in [9.17, 15) is 0 Å². The van der Waals surface area contributed by atoms with Gasteiger partial charge in [0.25, 0.3) is 0 Å². The molecule has 2 aromatic heterocycles. The first kappa shape index (κ1) is 21.5. The highest BCUT2D eigenvalue weighted by atomic mass is 16.5. The Labute approximate surface area is 188 Å². The summed E-state index contributed by atoms with van der Waals surface area (Å²) in [5.41, 5.74) is 6.05. The number of benzene rings is 2. The summed E-state index contributed by atoms with van der Waals surface area (Å²) in [5.74, 6) is 3.30. The van der Waals surface area contributed by atoms with Crippen LogP contribution in [-0.2, 0) is 13.5 Å². The molecule has 0 radical (unpaired) electrons. The third-order valence-electron chi connectivity index (χ3n) is 5.64. The van der Waals surface area contributed by atoms with Crippen LogP contribution in [0.1, 0.15) is 11.1 Å². The molecule has 0 atom stereocenters. The van der Waals surface area contributed by atoms with E-state index in [0.717, 1.165) is 63.0 Å². The molecule has 7 heteroatoms. The molecule has 0 aliphatic heterocycles. The Bertz CT molecular complexity index is 1250. The SMILES string of the molecule is COc1ccc(-c2cc3c(cn2)nc(NCCc2cc(OC)ccc2OC)n3C)c(C)c1. The summed E-state index contributed by atoms with van der Waals surface area (Å²) < 4.78 is 18.2. The zero-order chi connectivity index (χ0) is 22.7. The van der Waals surface area contributed by atoms with Crippen molar-refractivity contribution >= 4 is 17.0 Å². The minimum atomic E-state index is 0.707. The average Bonchev–Trinajstić information content (AvgIpc) is 3.13. The molecule has 0 amide bonds. The lowest BCUT2D eigenvalue weighted by Gasteiger charge is -2.11. The van der Waals surface area contributed by atoms with Gasteiger partial charge in [0, 0.05) is 19.2 Å². The van der Waals surface area contributed by atoms with Crippen LogP contribution < -0.4 is 19.5 Å². The van der Waals surface area contributed by atoms with Crippen molar-refractivity contribution in [2.24, 2.45) is 7.05 Å². The molecule has 0 fully saturated rings. The van der Waals surface area contributed by atoms with E-state index in [2.05, 4.69) is 27.9 Å². The van der Waals surface area contributed by atoms with Gasteiger partial charge in [-0.25, -0.2) is 4.98 Å². The summed E-state index contributed by atoms with van der Waals surface area (Å²) in [6, 6.07) is 13.9. The minimum Gasteiger partial charge on any atom is -0.497 e. The maximum Gasteiger partial charge on any atom is 0.203 e. The molecule has 1 N–H and O–H groups in total. The van der Waals surface area contributed by atoms with Crippen LogP contribution in [0.5, 0.6) is 17.2 Å². The van der Waals surface area contributed by atoms with Crippen molar-refractivity contribution in [3.63, 3.8) is 0 Å². The van der Waals surface area contributed by atoms with Gasteiger partial charge in [-0.15, -0.1) is 0 Å². The maximum atomic E-state index is 5.48. The van der Waals surface area contributed by atoms with E-state index >= 15 is 0 Å². The Morgan fingerprint density at radius 2 is 1.69 bits per heavy atom. The second-order valence-electron chi connectivity index (χ2n) is 7.59. The highest BCUT2D eigenvalue weighted by molar-refractivity contribution is 5.82. The molecule has 2 aromatic carbocycles. The number of ether oxygens (including phenoxy) is 3. The third kappa shape index (κ3) is 4.19. The van der Waals surface area contributed by atoms with Gasteiger partial charge in [-0.3, -0.25) is 4.98 Å².